The molecule has 0 unspecified atom stereocenters. The molecule has 0 amide bonds. The minimum absolute atomic E-state index is 0.490. The number of aryl methyl sites for hydroxylation is 1. The minimum atomic E-state index is -2.08. The molecule has 1 heterocycles. The molecule has 0 radical (unpaired) electrons. The van der Waals surface area contributed by atoms with Crippen molar-refractivity contribution < 1.29 is 9.13 Å². The number of hydrogen-bond acceptors (Lipinski definition) is 1. The molecule has 2 aromatic carbocycles. The van der Waals surface area contributed by atoms with Gasteiger partial charge >= 0.3 is 0 Å². The first kappa shape index (κ1) is 20.3. The summed E-state index contributed by atoms with van der Waals surface area (Å²) in [4.78, 5) is 0. The van der Waals surface area contributed by atoms with Crippen LogP contribution in [0.4, 0.5) is 4.39 Å². The lowest BCUT2D eigenvalue weighted by molar-refractivity contribution is -0.0215. The van der Waals surface area contributed by atoms with Gasteiger partial charge in [-0.1, -0.05) is 93.0 Å². The van der Waals surface area contributed by atoms with Crippen LogP contribution in [0.25, 0.3) is 0 Å². The molecule has 0 spiro atoms. The van der Waals surface area contributed by atoms with E-state index in [2.05, 4.69) is 58.9 Å². The predicted octanol–water partition coefficient (Wildman–Crippen LogP) is 6.12. The summed E-state index contributed by atoms with van der Waals surface area (Å²) in [5, 5.41) is 1.43. The number of ether oxygens (including phenoxy) is 1. The Labute approximate surface area is 165 Å². The third kappa shape index (κ3) is 3.52. The summed E-state index contributed by atoms with van der Waals surface area (Å²) < 4.78 is 21.8. The van der Waals surface area contributed by atoms with Gasteiger partial charge < -0.3 is 4.74 Å². The summed E-state index contributed by atoms with van der Waals surface area (Å²) in [5.74, 6) is 0. The number of rotatable bonds is 6. The lowest BCUT2D eigenvalue weighted by Crippen LogP contribution is -2.58. The Morgan fingerprint density at radius 2 is 1.59 bits per heavy atom. The molecule has 146 valence electrons. The fourth-order valence-corrected chi connectivity index (χ4v) is 10.9. The summed E-state index contributed by atoms with van der Waals surface area (Å²) in [7, 11) is -2.08. The molecule has 0 aliphatic carbocycles. The fraction of sp³-hybridized carbons (Fsp3) is 0.500. The van der Waals surface area contributed by atoms with E-state index in [0.29, 0.717) is 24.1 Å². The Kier molecular flexibility index (Phi) is 5.92. The Bertz CT molecular complexity index is 733. The van der Waals surface area contributed by atoms with Gasteiger partial charge in [-0.3, -0.25) is 0 Å². The van der Waals surface area contributed by atoms with Crippen LogP contribution in [-0.4, -0.2) is 20.9 Å². The maximum atomic E-state index is 15.5. The minimum Gasteiger partial charge on any atom is -0.367 e. The van der Waals surface area contributed by atoms with Gasteiger partial charge in [-0.15, -0.1) is 0 Å². The third-order valence-electron chi connectivity index (χ3n) is 6.70. The van der Waals surface area contributed by atoms with E-state index < -0.39 is 19.8 Å². The highest BCUT2D eigenvalue weighted by Gasteiger charge is 2.55. The van der Waals surface area contributed by atoms with Crippen LogP contribution in [0, 0.1) is 6.92 Å². The first-order valence-corrected chi connectivity index (χ1v) is 12.6. The van der Waals surface area contributed by atoms with Crippen molar-refractivity contribution >= 4 is 13.3 Å². The second-order valence-electron chi connectivity index (χ2n) is 8.75. The van der Waals surface area contributed by atoms with Crippen LogP contribution < -0.4 is 5.19 Å². The average molecular weight is 385 g/mol. The van der Waals surface area contributed by atoms with Gasteiger partial charge in [-0.25, -0.2) is 4.39 Å². The Hall–Kier alpha value is -1.45. The van der Waals surface area contributed by atoms with Gasteiger partial charge in [-0.05, 0) is 29.6 Å². The van der Waals surface area contributed by atoms with Crippen molar-refractivity contribution in [3.63, 3.8) is 0 Å². The fourth-order valence-electron chi connectivity index (χ4n) is 5.06. The second-order valence-corrected chi connectivity index (χ2v) is 14.1. The van der Waals surface area contributed by atoms with Gasteiger partial charge in [0.2, 0.25) is 0 Å². The van der Waals surface area contributed by atoms with Gasteiger partial charge in [0.1, 0.15) is 11.8 Å². The SMILES string of the molecule is Cc1ccc([Si](C[C@@]2(c3ccccc3)OCC[C@@H]2F)(C(C)C)C(C)C)cc1. The topological polar surface area (TPSA) is 9.23 Å². The molecule has 1 aliphatic heterocycles. The molecule has 2 aromatic rings. The van der Waals surface area contributed by atoms with Gasteiger partial charge in [0.05, 0.1) is 14.7 Å². The maximum absolute atomic E-state index is 15.5. The normalized spacial score (nSPS) is 23.3. The van der Waals surface area contributed by atoms with E-state index in [1.165, 1.54) is 10.8 Å². The van der Waals surface area contributed by atoms with Crippen molar-refractivity contribution in [1.29, 1.82) is 0 Å². The number of halogens is 1. The zero-order valence-electron chi connectivity index (χ0n) is 17.3. The Balaban J connectivity index is 2.16. The summed E-state index contributed by atoms with van der Waals surface area (Å²) in [5.41, 5.74) is 2.45. The quantitative estimate of drug-likeness (QED) is 0.545. The number of hydrogen-bond donors (Lipinski definition) is 0. The standard InChI is InChI=1S/C24H33FOSi/c1-18(2)27(19(3)4,22-13-11-20(5)12-14-22)17-24(23(25)15-16-26-24)21-9-7-6-8-10-21/h6-14,18-19,23H,15-17H2,1-5H3/t23-,24-/m0/s1. The van der Waals surface area contributed by atoms with Gasteiger partial charge in [-0.2, -0.15) is 0 Å². The molecule has 2 atom stereocenters. The average Bonchev–Trinajstić information content (AvgIpc) is 3.02. The van der Waals surface area contributed by atoms with E-state index in [0.717, 1.165) is 11.6 Å². The second kappa shape index (κ2) is 7.88. The van der Waals surface area contributed by atoms with Crippen LogP contribution in [0.2, 0.25) is 17.1 Å². The van der Waals surface area contributed by atoms with E-state index in [-0.39, 0.29) is 0 Å². The third-order valence-corrected chi connectivity index (χ3v) is 13.3. The van der Waals surface area contributed by atoms with Crippen LogP contribution in [-0.2, 0) is 10.3 Å². The summed E-state index contributed by atoms with van der Waals surface area (Å²) in [6, 6.07) is 19.9. The van der Waals surface area contributed by atoms with E-state index in [9.17, 15) is 0 Å². The molecule has 1 saturated heterocycles. The molecule has 27 heavy (non-hydrogen) atoms. The van der Waals surface area contributed by atoms with E-state index in [4.69, 9.17) is 4.74 Å². The maximum Gasteiger partial charge on any atom is 0.135 e. The first-order chi connectivity index (χ1) is 12.8. The smallest absolute Gasteiger partial charge is 0.135 e. The number of alkyl halides is 1. The van der Waals surface area contributed by atoms with E-state index in [1.54, 1.807) is 0 Å². The van der Waals surface area contributed by atoms with Gasteiger partial charge in [0.25, 0.3) is 0 Å². The van der Waals surface area contributed by atoms with Crippen molar-refractivity contribution in [3.8, 4) is 0 Å². The molecule has 0 saturated carbocycles. The molecule has 1 nitrogen and oxygen atoms in total. The van der Waals surface area contributed by atoms with Crippen molar-refractivity contribution in [2.24, 2.45) is 0 Å². The highest BCUT2D eigenvalue weighted by atomic mass is 28.3. The molecule has 3 heteroatoms. The van der Waals surface area contributed by atoms with Crippen molar-refractivity contribution in [1.82, 2.24) is 0 Å². The molecule has 0 bridgehead atoms. The molecule has 1 fully saturated rings. The predicted molar refractivity (Wildman–Crippen MR) is 115 cm³/mol. The monoisotopic (exact) mass is 384 g/mol. The van der Waals surface area contributed by atoms with Crippen LogP contribution in [0.1, 0.15) is 45.2 Å². The van der Waals surface area contributed by atoms with E-state index in [1.807, 2.05) is 30.3 Å². The zero-order chi connectivity index (χ0) is 19.7. The Morgan fingerprint density at radius 3 is 2.07 bits per heavy atom. The zero-order valence-corrected chi connectivity index (χ0v) is 18.3. The van der Waals surface area contributed by atoms with Crippen molar-refractivity contribution in [3.05, 3.63) is 65.7 Å². The van der Waals surface area contributed by atoms with Crippen LogP contribution >= 0.6 is 0 Å². The summed E-state index contributed by atoms with van der Waals surface area (Å²) in [6.07, 6.45) is -0.460. The van der Waals surface area contributed by atoms with Crippen molar-refractivity contribution in [2.75, 3.05) is 6.61 Å². The van der Waals surface area contributed by atoms with Crippen molar-refractivity contribution in [2.45, 2.75) is 69.9 Å². The Morgan fingerprint density at radius 1 is 1.00 bits per heavy atom. The molecular formula is C24H33FOSi. The van der Waals surface area contributed by atoms with Crippen LogP contribution in [0.5, 0.6) is 0 Å². The molecule has 0 aromatic heterocycles. The number of benzene rings is 2. The van der Waals surface area contributed by atoms with Crippen LogP contribution in [0.3, 0.4) is 0 Å². The molecular weight excluding hydrogens is 351 g/mol. The summed E-state index contributed by atoms with van der Waals surface area (Å²) in [6.45, 7) is 11.9. The highest BCUT2D eigenvalue weighted by molar-refractivity contribution is 6.94. The summed E-state index contributed by atoms with van der Waals surface area (Å²) >= 11 is 0. The highest BCUT2D eigenvalue weighted by Crippen LogP contribution is 2.49. The lowest BCUT2D eigenvalue weighted by atomic mass is 9.91. The largest absolute Gasteiger partial charge is 0.367 e. The molecule has 1 aliphatic rings. The first-order valence-electron chi connectivity index (χ1n) is 10.2. The lowest BCUT2D eigenvalue weighted by Gasteiger charge is -2.46. The molecule has 0 N–H and O–H groups in total. The van der Waals surface area contributed by atoms with Gasteiger partial charge in [0, 0.05) is 6.42 Å². The van der Waals surface area contributed by atoms with E-state index >= 15 is 4.39 Å². The van der Waals surface area contributed by atoms with Crippen LogP contribution in [0.15, 0.2) is 54.6 Å². The molecule has 3 rings (SSSR count). The van der Waals surface area contributed by atoms with Gasteiger partial charge in [0.15, 0.2) is 0 Å².